The molecule has 2 atom stereocenters. The maximum atomic E-state index is 5.69. The van der Waals surface area contributed by atoms with Crippen LogP contribution in [-0.2, 0) is 18.9 Å². The van der Waals surface area contributed by atoms with E-state index >= 15 is 0 Å². The molecule has 2 unspecified atom stereocenters. The van der Waals surface area contributed by atoms with E-state index in [1.165, 1.54) is 64.2 Å². The van der Waals surface area contributed by atoms with Crippen LogP contribution in [0, 0.1) is 11.8 Å². The summed E-state index contributed by atoms with van der Waals surface area (Å²) in [5.41, 5.74) is 0. The molecular formula is C25H50O4. The second-order valence-corrected chi connectivity index (χ2v) is 8.31. The normalized spacial score (nSPS) is 14.4. The Morgan fingerprint density at radius 3 is 1.72 bits per heavy atom. The molecule has 0 spiro atoms. The van der Waals surface area contributed by atoms with Crippen molar-refractivity contribution in [1.82, 2.24) is 0 Å². The Balaban J connectivity index is 4.19. The van der Waals surface area contributed by atoms with E-state index in [-0.39, 0.29) is 5.92 Å². The minimum Gasteiger partial charge on any atom is -0.502 e. The zero-order chi connectivity index (χ0) is 21.8. The summed E-state index contributed by atoms with van der Waals surface area (Å²) in [6.07, 6.45) is 19.7. The molecule has 4 nitrogen and oxygen atoms in total. The molecule has 0 rings (SSSR count). The van der Waals surface area contributed by atoms with E-state index < -0.39 is 5.97 Å². The van der Waals surface area contributed by atoms with Crippen LogP contribution >= 0.6 is 0 Å². The summed E-state index contributed by atoms with van der Waals surface area (Å²) in [6.45, 7) is 7.44. The minimum absolute atomic E-state index is 0.278. The number of hydrogen-bond donors (Lipinski definition) is 0. The van der Waals surface area contributed by atoms with Crippen molar-refractivity contribution in [2.75, 3.05) is 27.9 Å². The minimum atomic E-state index is -0.902. The average molecular weight is 415 g/mol. The summed E-state index contributed by atoms with van der Waals surface area (Å²) in [7, 11) is 5.08. The Morgan fingerprint density at radius 1 is 0.724 bits per heavy atom. The van der Waals surface area contributed by atoms with Crippen molar-refractivity contribution in [1.29, 1.82) is 0 Å². The molecule has 0 aromatic heterocycles. The lowest BCUT2D eigenvalue weighted by atomic mass is 9.91. The van der Waals surface area contributed by atoms with Gasteiger partial charge in [-0.05, 0) is 32.1 Å². The molecule has 0 heterocycles. The SMILES string of the molecule is CC=COCCCCCCCCC(CCCCCC(C)CC)C(OC)(OC)OC. The third kappa shape index (κ3) is 13.4. The second-order valence-electron chi connectivity index (χ2n) is 8.31. The fourth-order valence-electron chi connectivity index (χ4n) is 3.96. The maximum absolute atomic E-state index is 5.69. The van der Waals surface area contributed by atoms with Gasteiger partial charge in [0.1, 0.15) is 0 Å². The molecule has 0 aliphatic rings. The maximum Gasteiger partial charge on any atom is 0.285 e. The van der Waals surface area contributed by atoms with Gasteiger partial charge in [-0.15, -0.1) is 0 Å². The molecular weight excluding hydrogens is 364 g/mol. The van der Waals surface area contributed by atoms with Gasteiger partial charge in [-0.2, -0.15) is 0 Å². The molecule has 0 aliphatic heterocycles. The lowest BCUT2D eigenvalue weighted by molar-refractivity contribution is -0.380. The Morgan fingerprint density at radius 2 is 1.21 bits per heavy atom. The first-order valence-corrected chi connectivity index (χ1v) is 12.0. The lowest BCUT2D eigenvalue weighted by Crippen LogP contribution is -2.44. The molecule has 0 saturated heterocycles. The summed E-state index contributed by atoms with van der Waals surface area (Å²) < 4.78 is 22.4. The average Bonchev–Trinajstić information content (AvgIpc) is 2.75. The number of allylic oxidation sites excluding steroid dienone is 1. The Hall–Kier alpha value is -0.580. The quantitative estimate of drug-likeness (QED) is 0.111. The Bertz CT molecular complexity index is 358. The molecule has 0 aromatic rings. The highest BCUT2D eigenvalue weighted by atomic mass is 16.9. The number of methoxy groups -OCH3 is 3. The van der Waals surface area contributed by atoms with E-state index in [9.17, 15) is 0 Å². The molecule has 4 heteroatoms. The molecule has 0 amide bonds. The lowest BCUT2D eigenvalue weighted by Gasteiger charge is -2.36. The molecule has 29 heavy (non-hydrogen) atoms. The van der Waals surface area contributed by atoms with Crippen LogP contribution in [0.4, 0.5) is 0 Å². The summed E-state index contributed by atoms with van der Waals surface area (Å²) in [5.74, 6) is 0.220. The molecule has 0 aliphatic carbocycles. The second kappa shape index (κ2) is 19.4. The fraction of sp³-hybridized carbons (Fsp3) is 0.920. The van der Waals surface area contributed by atoms with Gasteiger partial charge in [-0.1, -0.05) is 84.1 Å². The van der Waals surface area contributed by atoms with Crippen molar-refractivity contribution in [2.45, 2.75) is 110 Å². The summed E-state index contributed by atoms with van der Waals surface area (Å²) in [6, 6.07) is 0. The van der Waals surface area contributed by atoms with Crippen LogP contribution < -0.4 is 0 Å². The van der Waals surface area contributed by atoms with Crippen LogP contribution in [-0.4, -0.2) is 33.9 Å². The van der Waals surface area contributed by atoms with Crippen LogP contribution in [0.25, 0.3) is 0 Å². The van der Waals surface area contributed by atoms with E-state index in [1.807, 2.05) is 13.0 Å². The molecule has 0 saturated carbocycles. The topological polar surface area (TPSA) is 36.9 Å². The van der Waals surface area contributed by atoms with E-state index in [1.54, 1.807) is 27.6 Å². The van der Waals surface area contributed by atoms with E-state index in [0.29, 0.717) is 0 Å². The smallest absolute Gasteiger partial charge is 0.285 e. The van der Waals surface area contributed by atoms with Crippen molar-refractivity contribution in [3.05, 3.63) is 12.3 Å². The highest BCUT2D eigenvalue weighted by Gasteiger charge is 2.39. The van der Waals surface area contributed by atoms with Crippen molar-refractivity contribution in [2.24, 2.45) is 11.8 Å². The number of rotatable bonds is 21. The molecule has 0 fully saturated rings. The third-order valence-electron chi connectivity index (χ3n) is 6.10. The largest absolute Gasteiger partial charge is 0.502 e. The van der Waals surface area contributed by atoms with Crippen LogP contribution in [0.2, 0.25) is 0 Å². The molecule has 0 aromatic carbocycles. The first kappa shape index (κ1) is 28.4. The molecule has 0 N–H and O–H groups in total. The van der Waals surface area contributed by atoms with Gasteiger partial charge in [0.05, 0.1) is 12.9 Å². The summed E-state index contributed by atoms with van der Waals surface area (Å²) in [4.78, 5) is 0. The highest BCUT2D eigenvalue weighted by molar-refractivity contribution is 4.72. The van der Waals surface area contributed by atoms with Crippen LogP contribution in [0.5, 0.6) is 0 Å². The summed E-state index contributed by atoms with van der Waals surface area (Å²) in [5, 5.41) is 0. The van der Waals surface area contributed by atoms with Gasteiger partial charge in [-0.3, -0.25) is 0 Å². The van der Waals surface area contributed by atoms with Crippen LogP contribution in [0.15, 0.2) is 12.3 Å². The fourth-order valence-corrected chi connectivity index (χ4v) is 3.96. The van der Waals surface area contributed by atoms with Crippen molar-refractivity contribution in [3.63, 3.8) is 0 Å². The highest BCUT2D eigenvalue weighted by Crippen LogP contribution is 2.33. The number of unbranched alkanes of at least 4 members (excludes halogenated alkanes) is 7. The zero-order valence-corrected chi connectivity index (χ0v) is 20.3. The van der Waals surface area contributed by atoms with Gasteiger partial charge in [-0.25, -0.2) is 0 Å². The predicted molar refractivity (Wildman–Crippen MR) is 123 cm³/mol. The van der Waals surface area contributed by atoms with E-state index in [0.717, 1.165) is 31.8 Å². The number of ether oxygens (including phenoxy) is 4. The Labute approximate surface area is 181 Å². The Kier molecular flexibility index (Phi) is 19.0. The van der Waals surface area contributed by atoms with Crippen LogP contribution in [0.1, 0.15) is 104 Å². The number of hydrogen-bond acceptors (Lipinski definition) is 4. The van der Waals surface area contributed by atoms with Gasteiger partial charge in [0.2, 0.25) is 0 Å². The van der Waals surface area contributed by atoms with Gasteiger partial charge < -0.3 is 18.9 Å². The third-order valence-corrected chi connectivity index (χ3v) is 6.10. The van der Waals surface area contributed by atoms with Crippen molar-refractivity contribution >= 4 is 0 Å². The van der Waals surface area contributed by atoms with Gasteiger partial charge >= 0.3 is 0 Å². The van der Waals surface area contributed by atoms with Gasteiger partial charge in [0.15, 0.2) is 0 Å². The first-order valence-electron chi connectivity index (χ1n) is 12.0. The zero-order valence-electron chi connectivity index (χ0n) is 20.3. The summed E-state index contributed by atoms with van der Waals surface area (Å²) >= 11 is 0. The predicted octanol–water partition coefficient (Wildman–Crippen LogP) is 7.47. The van der Waals surface area contributed by atoms with Gasteiger partial charge in [0, 0.05) is 27.2 Å². The van der Waals surface area contributed by atoms with Gasteiger partial charge in [0.25, 0.3) is 5.97 Å². The van der Waals surface area contributed by atoms with E-state index in [4.69, 9.17) is 18.9 Å². The molecule has 174 valence electrons. The standard InChI is InChI=1S/C25H50O4/c1-7-21-29-22-17-12-10-9-11-15-19-24(25(26-4,27-5)28-6)20-16-13-14-18-23(3)8-2/h7,21,23-24H,8-20,22H2,1-6H3. The first-order chi connectivity index (χ1) is 14.1. The van der Waals surface area contributed by atoms with Crippen molar-refractivity contribution in [3.8, 4) is 0 Å². The van der Waals surface area contributed by atoms with Crippen molar-refractivity contribution < 1.29 is 18.9 Å². The molecule has 0 radical (unpaired) electrons. The van der Waals surface area contributed by atoms with Crippen LogP contribution in [0.3, 0.4) is 0 Å². The molecule has 0 bridgehead atoms. The van der Waals surface area contributed by atoms with E-state index in [2.05, 4.69) is 13.8 Å². The monoisotopic (exact) mass is 414 g/mol.